The summed E-state index contributed by atoms with van der Waals surface area (Å²) in [5.41, 5.74) is 1.89. The van der Waals surface area contributed by atoms with Gasteiger partial charge in [-0.25, -0.2) is 4.99 Å². The number of piperazine rings is 1. The summed E-state index contributed by atoms with van der Waals surface area (Å²) in [6.07, 6.45) is 0. The molecule has 26 heavy (non-hydrogen) atoms. The molecule has 0 unspecified atom stereocenters. The van der Waals surface area contributed by atoms with E-state index in [1.165, 1.54) is 10.8 Å². The molecule has 3 aromatic rings. The molecule has 0 aromatic heterocycles. The van der Waals surface area contributed by atoms with E-state index in [0.717, 1.165) is 43.3 Å². The molecule has 1 aliphatic heterocycles. The molecule has 1 aliphatic rings. The van der Waals surface area contributed by atoms with Crippen molar-refractivity contribution in [2.45, 2.75) is 0 Å². The van der Waals surface area contributed by atoms with Crippen LogP contribution in [0.1, 0.15) is 5.56 Å². The molecular formula is C21H19Cl2N3. The van der Waals surface area contributed by atoms with E-state index in [1.807, 2.05) is 12.1 Å². The number of benzene rings is 3. The summed E-state index contributed by atoms with van der Waals surface area (Å²) in [5, 5.41) is 6.98. The van der Waals surface area contributed by atoms with Crippen molar-refractivity contribution >= 4 is 45.5 Å². The quantitative estimate of drug-likeness (QED) is 0.490. The lowest BCUT2D eigenvalue weighted by atomic mass is 10.0. The second-order valence-electron chi connectivity index (χ2n) is 6.33. The van der Waals surface area contributed by atoms with E-state index in [4.69, 9.17) is 28.2 Å². The summed E-state index contributed by atoms with van der Waals surface area (Å²) in [6, 6.07) is 20.2. The van der Waals surface area contributed by atoms with Crippen LogP contribution in [-0.2, 0) is 0 Å². The fraction of sp³-hybridized carbons (Fsp3) is 0.190. The number of aliphatic imine (C=N–C) groups is 1. The number of hydrogen-bond donors (Lipinski definition) is 1. The third-order valence-electron chi connectivity index (χ3n) is 4.53. The van der Waals surface area contributed by atoms with Gasteiger partial charge in [-0.15, -0.1) is 0 Å². The number of nitrogens with one attached hydrogen (secondary N) is 1. The zero-order valence-corrected chi connectivity index (χ0v) is 15.8. The van der Waals surface area contributed by atoms with Crippen molar-refractivity contribution in [3.8, 4) is 0 Å². The predicted molar refractivity (Wildman–Crippen MR) is 111 cm³/mol. The number of amidine groups is 1. The number of fused-ring (bicyclic) bond motifs is 1. The van der Waals surface area contributed by atoms with Crippen molar-refractivity contribution in [1.29, 1.82) is 0 Å². The minimum Gasteiger partial charge on any atom is -0.354 e. The van der Waals surface area contributed by atoms with E-state index in [-0.39, 0.29) is 0 Å². The summed E-state index contributed by atoms with van der Waals surface area (Å²) in [6.45, 7) is 3.72. The van der Waals surface area contributed by atoms with Crippen molar-refractivity contribution in [2.75, 3.05) is 26.2 Å². The Balaban J connectivity index is 1.89. The summed E-state index contributed by atoms with van der Waals surface area (Å²) >= 11 is 12.4. The molecule has 1 heterocycles. The molecule has 0 bridgehead atoms. The van der Waals surface area contributed by atoms with E-state index in [9.17, 15) is 0 Å². The van der Waals surface area contributed by atoms with Gasteiger partial charge < -0.3 is 10.2 Å². The minimum absolute atomic E-state index is 0.592. The van der Waals surface area contributed by atoms with Crippen LogP contribution >= 0.6 is 23.2 Å². The van der Waals surface area contributed by atoms with E-state index in [1.54, 1.807) is 6.07 Å². The van der Waals surface area contributed by atoms with Crippen LogP contribution in [0.5, 0.6) is 0 Å². The standard InChI is InChI=1S/C21H19Cl2N3/c22-16-12-17(23)14-18(13-16)25-21(26-10-8-24-9-11-26)20-7-3-5-15-4-1-2-6-19(15)20/h1-7,12-14,24H,8-11H2. The van der Waals surface area contributed by atoms with Gasteiger partial charge in [0.05, 0.1) is 5.69 Å². The molecule has 1 N–H and O–H groups in total. The van der Waals surface area contributed by atoms with Crippen molar-refractivity contribution in [2.24, 2.45) is 4.99 Å². The Bertz CT molecular complexity index is 937. The van der Waals surface area contributed by atoms with E-state index >= 15 is 0 Å². The molecule has 3 nitrogen and oxygen atoms in total. The monoisotopic (exact) mass is 383 g/mol. The maximum absolute atomic E-state index is 6.18. The fourth-order valence-electron chi connectivity index (χ4n) is 3.32. The van der Waals surface area contributed by atoms with E-state index in [0.29, 0.717) is 10.0 Å². The first kappa shape index (κ1) is 17.3. The Hall–Kier alpha value is -2.07. The molecule has 0 amide bonds. The largest absolute Gasteiger partial charge is 0.354 e. The van der Waals surface area contributed by atoms with Crippen LogP contribution in [0.25, 0.3) is 10.8 Å². The van der Waals surface area contributed by atoms with Gasteiger partial charge in [0.1, 0.15) is 5.84 Å². The van der Waals surface area contributed by atoms with E-state index < -0.39 is 0 Å². The second-order valence-corrected chi connectivity index (χ2v) is 7.20. The number of nitrogens with zero attached hydrogens (tertiary/aromatic N) is 2. The van der Waals surface area contributed by atoms with Crippen LogP contribution in [0.2, 0.25) is 10.0 Å². The summed E-state index contributed by atoms with van der Waals surface area (Å²) in [7, 11) is 0. The summed E-state index contributed by atoms with van der Waals surface area (Å²) in [4.78, 5) is 7.30. The van der Waals surface area contributed by atoms with Gasteiger partial charge in [0.2, 0.25) is 0 Å². The molecule has 1 saturated heterocycles. The lowest BCUT2D eigenvalue weighted by molar-refractivity contribution is 0.358. The molecule has 4 rings (SSSR count). The zero-order chi connectivity index (χ0) is 17.9. The molecule has 132 valence electrons. The minimum atomic E-state index is 0.592. The highest BCUT2D eigenvalue weighted by molar-refractivity contribution is 6.35. The van der Waals surface area contributed by atoms with Gasteiger partial charge in [-0.3, -0.25) is 0 Å². The fourth-order valence-corrected chi connectivity index (χ4v) is 3.84. The SMILES string of the molecule is Clc1cc(Cl)cc(N=C(c2cccc3ccccc23)N2CCNCC2)c1. The first-order chi connectivity index (χ1) is 12.7. The van der Waals surface area contributed by atoms with Gasteiger partial charge in [-0.1, -0.05) is 65.7 Å². The van der Waals surface area contributed by atoms with Crippen LogP contribution in [0, 0.1) is 0 Å². The second kappa shape index (κ2) is 7.67. The lowest BCUT2D eigenvalue weighted by Gasteiger charge is -2.31. The molecule has 3 aromatic carbocycles. The van der Waals surface area contributed by atoms with Gasteiger partial charge in [0, 0.05) is 41.8 Å². The molecule has 0 aliphatic carbocycles. The zero-order valence-electron chi connectivity index (χ0n) is 14.3. The molecule has 0 saturated carbocycles. The van der Waals surface area contributed by atoms with Crippen molar-refractivity contribution < 1.29 is 0 Å². The third-order valence-corrected chi connectivity index (χ3v) is 4.97. The maximum Gasteiger partial charge on any atom is 0.137 e. The van der Waals surface area contributed by atoms with Gasteiger partial charge in [0.25, 0.3) is 0 Å². The number of rotatable bonds is 2. The normalized spacial score (nSPS) is 15.5. The van der Waals surface area contributed by atoms with Gasteiger partial charge >= 0.3 is 0 Å². The summed E-state index contributed by atoms with van der Waals surface area (Å²) in [5.74, 6) is 0.960. The Morgan fingerprint density at radius 3 is 2.35 bits per heavy atom. The molecule has 0 spiro atoms. The van der Waals surface area contributed by atoms with Gasteiger partial charge in [0.15, 0.2) is 0 Å². The first-order valence-corrected chi connectivity index (χ1v) is 9.45. The maximum atomic E-state index is 6.18. The van der Waals surface area contributed by atoms with Crippen LogP contribution in [0.4, 0.5) is 5.69 Å². The smallest absolute Gasteiger partial charge is 0.137 e. The highest BCUT2D eigenvalue weighted by Crippen LogP contribution is 2.27. The average molecular weight is 384 g/mol. The Morgan fingerprint density at radius 1 is 0.885 bits per heavy atom. The van der Waals surface area contributed by atoms with Gasteiger partial charge in [-0.05, 0) is 29.0 Å². The number of hydrogen-bond acceptors (Lipinski definition) is 2. The molecule has 1 fully saturated rings. The lowest BCUT2D eigenvalue weighted by Crippen LogP contribution is -2.46. The molecule has 5 heteroatoms. The summed E-state index contributed by atoms with van der Waals surface area (Å²) < 4.78 is 0. The molecule has 0 radical (unpaired) electrons. The first-order valence-electron chi connectivity index (χ1n) is 8.69. The molecular weight excluding hydrogens is 365 g/mol. The highest BCUT2D eigenvalue weighted by Gasteiger charge is 2.18. The van der Waals surface area contributed by atoms with Gasteiger partial charge in [-0.2, -0.15) is 0 Å². The number of halogens is 2. The van der Waals surface area contributed by atoms with Crippen LogP contribution < -0.4 is 5.32 Å². The Labute approximate surface area is 163 Å². The Kier molecular flexibility index (Phi) is 5.11. The topological polar surface area (TPSA) is 27.6 Å². The average Bonchev–Trinajstić information content (AvgIpc) is 2.66. The van der Waals surface area contributed by atoms with Crippen LogP contribution in [0.15, 0.2) is 65.7 Å². The van der Waals surface area contributed by atoms with Crippen molar-refractivity contribution in [1.82, 2.24) is 10.2 Å². The third kappa shape index (κ3) is 3.70. The van der Waals surface area contributed by atoms with Crippen molar-refractivity contribution in [3.63, 3.8) is 0 Å². The Morgan fingerprint density at radius 2 is 1.58 bits per heavy atom. The van der Waals surface area contributed by atoms with Crippen molar-refractivity contribution in [3.05, 3.63) is 76.3 Å². The highest BCUT2D eigenvalue weighted by atomic mass is 35.5. The molecule has 0 atom stereocenters. The predicted octanol–water partition coefficient (Wildman–Crippen LogP) is 5.13. The van der Waals surface area contributed by atoms with Crippen LogP contribution in [-0.4, -0.2) is 36.9 Å². The van der Waals surface area contributed by atoms with E-state index in [2.05, 4.69) is 52.7 Å². The van der Waals surface area contributed by atoms with Crippen LogP contribution in [0.3, 0.4) is 0 Å².